The molecule has 0 radical (unpaired) electrons. The van der Waals surface area contributed by atoms with Gasteiger partial charge in [0.05, 0.1) is 0 Å². The molecule has 1 heterocycles. The highest BCUT2D eigenvalue weighted by atomic mass is 32.2. The van der Waals surface area contributed by atoms with Crippen molar-refractivity contribution in [2.45, 2.75) is 31.2 Å². The molecule has 1 saturated carbocycles. The summed E-state index contributed by atoms with van der Waals surface area (Å²) >= 11 is 1.10. The molecule has 1 atom stereocenters. The summed E-state index contributed by atoms with van der Waals surface area (Å²) < 4.78 is 45.7. The van der Waals surface area contributed by atoms with E-state index in [2.05, 4.69) is 19.4 Å². The number of benzene rings is 3. The third-order valence-corrected chi connectivity index (χ3v) is 7.65. The van der Waals surface area contributed by atoms with Crippen molar-refractivity contribution in [2.75, 3.05) is 22.8 Å². The molecule has 0 bridgehead atoms. The second-order valence-corrected chi connectivity index (χ2v) is 11.2. The lowest BCUT2D eigenvalue weighted by Gasteiger charge is -2.26. The van der Waals surface area contributed by atoms with Gasteiger partial charge in [-0.2, -0.15) is 9.36 Å². The molecule has 39 heavy (non-hydrogen) atoms. The highest BCUT2D eigenvalue weighted by Crippen LogP contribution is 2.33. The number of nitrogens with one attached hydrogen (secondary N) is 2. The zero-order chi connectivity index (χ0) is 27.4. The van der Waals surface area contributed by atoms with Crippen LogP contribution in [-0.2, 0) is 11.0 Å². The Labute approximate surface area is 232 Å². The van der Waals surface area contributed by atoms with E-state index in [1.165, 1.54) is 24.3 Å². The SMILES string of the molecule is CS(=O)Nc1ccc(-c2nsc(NC(=O)N(CCC(c3ccc(F)cc3)c3ccc(F)cc3)C3CC3)n2)cc1. The monoisotopic (exact) mass is 567 g/mol. The topological polar surface area (TPSA) is 87.2 Å². The molecule has 2 amide bonds. The van der Waals surface area contributed by atoms with Crippen LogP contribution in [-0.4, -0.2) is 43.3 Å². The predicted octanol–water partition coefficient (Wildman–Crippen LogP) is 6.41. The van der Waals surface area contributed by atoms with E-state index in [0.717, 1.165) is 46.8 Å². The summed E-state index contributed by atoms with van der Waals surface area (Å²) in [6.45, 7) is 0.467. The number of nitrogens with zero attached hydrogens (tertiary/aromatic N) is 3. The summed E-state index contributed by atoms with van der Waals surface area (Å²) in [7, 11) is -1.16. The second kappa shape index (κ2) is 12.0. The summed E-state index contributed by atoms with van der Waals surface area (Å²) in [6, 6.07) is 19.7. The summed E-state index contributed by atoms with van der Waals surface area (Å²) in [5.74, 6) is -0.282. The molecule has 4 aromatic rings. The van der Waals surface area contributed by atoms with Gasteiger partial charge in [-0.15, -0.1) is 0 Å². The van der Waals surface area contributed by atoms with E-state index in [1.54, 1.807) is 42.7 Å². The van der Waals surface area contributed by atoms with Crippen LogP contribution in [0.5, 0.6) is 0 Å². The molecule has 5 rings (SSSR count). The number of urea groups is 1. The van der Waals surface area contributed by atoms with Crippen LogP contribution in [0.15, 0.2) is 72.8 Å². The maximum Gasteiger partial charge on any atom is 0.323 e. The largest absolute Gasteiger partial charge is 0.323 e. The number of carbonyl (C=O) groups is 1. The fourth-order valence-corrected chi connectivity index (χ4v) is 5.48. The first-order valence-corrected chi connectivity index (χ1v) is 14.8. The maximum atomic E-state index is 13.6. The van der Waals surface area contributed by atoms with Crippen LogP contribution < -0.4 is 10.0 Å². The first kappa shape index (κ1) is 26.9. The van der Waals surface area contributed by atoms with E-state index < -0.39 is 11.0 Å². The van der Waals surface area contributed by atoms with Gasteiger partial charge < -0.3 is 9.62 Å². The number of aromatic nitrogens is 2. The average Bonchev–Trinajstić information content (AvgIpc) is 3.65. The lowest BCUT2D eigenvalue weighted by molar-refractivity contribution is 0.207. The first-order valence-electron chi connectivity index (χ1n) is 12.5. The van der Waals surface area contributed by atoms with E-state index >= 15 is 0 Å². The van der Waals surface area contributed by atoms with E-state index in [4.69, 9.17) is 0 Å². The maximum absolute atomic E-state index is 13.6. The van der Waals surface area contributed by atoms with Crippen LogP contribution >= 0.6 is 11.5 Å². The summed E-state index contributed by atoms with van der Waals surface area (Å²) in [5, 5.41) is 3.28. The Kier molecular flexibility index (Phi) is 8.27. The van der Waals surface area contributed by atoms with Crippen molar-refractivity contribution in [1.82, 2.24) is 14.3 Å². The van der Waals surface area contributed by atoms with Crippen molar-refractivity contribution in [3.63, 3.8) is 0 Å². The van der Waals surface area contributed by atoms with E-state index in [0.29, 0.717) is 23.9 Å². The number of halogens is 2. The minimum absolute atomic E-state index is 0.129. The van der Waals surface area contributed by atoms with E-state index in [9.17, 15) is 17.8 Å². The Morgan fingerprint density at radius 1 is 1.00 bits per heavy atom. The number of hydrogen-bond acceptors (Lipinski definition) is 5. The van der Waals surface area contributed by atoms with Crippen LogP contribution in [0.25, 0.3) is 11.4 Å². The van der Waals surface area contributed by atoms with Crippen molar-refractivity contribution >= 4 is 39.4 Å². The number of anilines is 2. The van der Waals surface area contributed by atoms with Gasteiger partial charge in [0.15, 0.2) is 5.82 Å². The fourth-order valence-electron chi connectivity index (χ4n) is 4.43. The fraction of sp³-hybridized carbons (Fsp3) is 0.250. The van der Waals surface area contributed by atoms with Crippen LogP contribution in [0.4, 0.5) is 24.4 Å². The number of amides is 2. The lowest BCUT2D eigenvalue weighted by Crippen LogP contribution is -2.38. The van der Waals surface area contributed by atoms with Gasteiger partial charge in [-0.05, 0) is 78.9 Å². The summed E-state index contributed by atoms with van der Waals surface area (Å²) in [5.41, 5.74) is 3.31. The van der Waals surface area contributed by atoms with Gasteiger partial charge in [0, 0.05) is 47.5 Å². The molecule has 7 nitrogen and oxygen atoms in total. The molecule has 0 spiro atoms. The first-order chi connectivity index (χ1) is 18.9. The van der Waals surface area contributed by atoms with Crippen molar-refractivity contribution in [2.24, 2.45) is 0 Å². The van der Waals surface area contributed by atoms with Crippen molar-refractivity contribution < 1.29 is 17.8 Å². The molecule has 1 unspecified atom stereocenters. The molecule has 1 fully saturated rings. The Morgan fingerprint density at radius 2 is 1.59 bits per heavy atom. The molecule has 0 saturated heterocycles. The van der Waals surface area contributed by atoms with Crippen molar-refractivity contribution in [3.05, 3.63) is 95.6 Å². The molecule has 202 valence electrons. The van der Waals surface area contributed by atoms with Crippen LogP contribution in [0.1, 0.15) is 36.3 Å². The molecule has 0 aliphatic heterocycles. The van der Waals surface area contributed by atoms with Gasteiger partial charge in [-0.25, -0.2) is 17.8 Å². The normalized spacial score (nSPS) is 13.7. The molecular formula is C28H27F2N5O2S2. The molecule has 3 aromatic carbocycles. The minimum atomic E-state index is -1.16. The van der Waals surface area contributed by atoms with Gasteiger partial charge in [-0.1, -0.05) is 24.3 Å². The zero-order valence-electron chi connectivity index (χ0n) is 21.1. The Bertz CT molecular complexity index is 1400. The van der Waals surface area contributed by atoms with Crippen LogP contribution in [0.3, 0.4) is 0 Å². The number of hydrogen-bond donors (Lipinski definition) is 2. The molecule has 2 N–H and O–H groups in total. The summed E-state index contributed by atoms with van der Waals surface area (Å²) in [4.78, 5) is 19.6. The molecule has 1 aliphatic carbocycles. The Hall–Kier alpha value is -3.70. The van der Waals surface area contributed by atoms with Gasteiger partial charge in [0.25, 0.3) is 0 Å². The third-order valence-electron chi connectivity index (χ3n) is 6.50. The molecule has 1 aliphatic rings. The molecule has 11 heteroatoms. The third kappa shape index (κ3) is 7.04. The molecule has 1 aromatic heterocycles. The van der Waals surface area contributed by atoms with Gasteiger partial charge >= 0.3 is 6.03 Å². The predicted molar refractivity (Wildman–Crippen MR) is 151 cm³/mol. The van der Waals surface area contributed by atoms with E-state index in [-0.39, 0.29) is 29.6 Å². The van der Waals surface area contributed by atoms with Crippen molar-refractivity contribution in [3.8, 4) is 11.4 Å². The lowest BCUT2D eigenvalue weighted by atomic mass is 9.88. The highest BCUT2D eigenvalue weighted by molar-refractivity contribution is 7.85. The van der Waals surface area contributed by atoms with Crippen molar-refractivity contribution in [1.29, 1.82) is 0 Å². The van der Waals surface area contributed by atoms with E-state index in [1.807, 2.05) is 17.0 Å². The summed E-state index contributed by atoms with van der Waals surface area (Å²) in [6.07, 6.45) is 4.00. The number of carbonyl (C=O) groups excluding carboxylic acids is 1. The Balaban J connectivity index is 1.27. The average molecular weight is 568 g/mol. The van der Waals surface area contributed by atoms with Gasteiger partial charge in [0.1, 0.15) is 22.6 Å². The molecular weight excluding hydrogens is 540 g/mol. The van der Waals surface area contributed by atoms with Crippen LogP contribution in [0, 0.1) is 11.6 Å². The second-order valence-electron chi connectivity index (χ2n) is 9.36. The van der Waals surface area contributed by atoms with Gasteiger partial charge in [-0.3, -0.25) is 5.32 Å². The highest BCUT2D eigenvalue weighted by Gasteiger charge is 2.33. The van der Waals surface area contributed by atoms with Gasteiger partial charge in [0.2, 0.25) is 5.13 Å². The Morgan fingerprint density at radius 3 is 2.13 bits per heavy atom. The smallest absolute Gasteiger partial charge is 0.321 e. The van der Waals surface area contributed by atoms with Crippen LogP contribution in [0.2, 0.25) is 0 Å². The zero-order valence-corrected chi connectivity index (χ0v) is 22.8. The standard InChI is InChI=1S/C28H27F2N5O2S2/c1-39(37)34-23-12-6-20(7-13-23)26-31-27(38-33-26)32-28(36)35(24-14-15-24)17-16-25(18-2-8-21(29)9-3-18)19-4-10-22(30)11-5-19/h2-13,24-25,34H,14-17H2,1H3,(H,31,32,33,36). The quantitative estimate of drug-likeness (QED) is 0.232. The minimum Gasteiger partial charge on any atom is -0.321 e. The number of rotatable bonds is 10.